The van der Waals surface area contributed by atoms with Gasteiger partial charge in [0.15, 0.2) is 0 Å². The number of cyclic esters (lactones) is 1. The molecule has 0 saturated carbocycles. The second kappa shape index (κ2) is 9.19. The highest BCUT2D eigenvalue weighted by Gasteiger charge is 2.33. The van der Waals surface area contributed by atoms with E-state index in [9.17, 15) is 4.79 Å². The average molecular weight is 333 g/mol. The maximum atomic E-state index is 12.1. The molecule has 3 unspecified atom stereocenters. The van der Waals surface area contributed by atoms with Crippen LogP contribution in [0.15, 0.2) is 30.3 Å². The van der Waals surface area contributed by atoms with Crippen LogP contribution in [0.25, 0.3) is 0 Å². The van der Waals surface area contributed by atoms with E-state index in [0.717, 1.165) is 19.3 Å². The average Bonchev–Trinajstić information content (AvgIpc) is 2.60. The van der Waals surface area contributed by atoms with E-state index in [2.05, 4.69) is 38.1 Å². The lowest BCUT2D eigenvalue weighted by molar-refractivity contribution is -0.153. The Bertz CT molecular complexity index is 503. The molecular formula is C20H31NO3. The summed E-state index contributed by atoms with van der Waals surface area (Å²) in [5.41, 5.74) is 7.11. The number of nitrogens with two attached hydrogens (primary N) is 1. The second-order valence-corrected chi connectivity index (χ2v) is 7.37. The lowest BCUT2D eigenvalue weighted by atomic mass is 9.80. The molecular weight excluding hydrogens is 302 g/mol. The predicted octanol–water partition coefficient (Wildman–Crippen LogP) is 3.19. The van der Waals surface area contributed by atoms with E-state index in [4.69, 9.17) is 15.2 Å². The van der Waals surface area contributed by atoms with E-state index in [1.807, 2.05) is 13.0 Å². The third kappa shape index (κ3) is 5.60. The lowest BCUT2D eigenvalue weighted by Gasteiger charge is -2.31. The third-order valence-corrected chi connectivity index (χ3v) is 4.87. The first-order valence-electron chi connectivity index (χ1n) is 9.05. The Kier molecular flexibility index (Phi) is 7.25. The molecule has 1 aromatic rings. The summed E-state index contributed by atoms with van der Waals surface area (Å²) in [6, 6.07) is 9.70. The van der Waals surface area contributed by atoms with Crippen LogP contribution >= 0.6 is 0 Å². The quantitative estimate of drug-likeness (QED) is 0.841. The van der Waals surface area contributed by atoms with Crippen molar-refractivity contribution in [3.63, 3.8) is 0 Å². The molecule has 1 aliphatic rings. The van der Waals surface area contributed by atoms with Crippen molar-refractivity contribution < 1.29 is 14.3 Å². The molecule has 24 heavy (non-hydrogen) atoms. The van der Waals surface area contributed by atoms with Crippen LogP contribution in [-0.2, 0) is 20.7 Å². The Morgan fingerprint density at radius 1 is 1.21 bits per heavy atom. The summed E-state index contributed by atoms with van der Waals surface area (Å²) in [6.45, 7) is 7.34. The molecule has 0 aliphatic carbocycles. The van der Waals surface area contributed by atoms with E-state index in [-0.39, 0.29) is 24.6 Å². The van der Waals surface area contributed by atoms with Crippen LogP contribution in [0, 0.1) is 17.8 Å². The summed E-state index contributed by atoms with van der Waals surface area (Å²) < 4.78 is 11.4. The number of hydrogen-bond donors (Lipinski definition) is 1. The first kappa shape index (κ1) is 18.9. The largest absolute Gasteiger partial charge is 0.461 e. The summed E-state index contributed by atoms with van der Waals surface area (Å²) in [7, 11) is 0. The number of esters is 1. The number of hydrogen-bond acceptors (Lipinski definition) is 4. The molecule has 4 nitrogen and oxygen atoms in total. The van der Waals surface area contributed by atoms with Crippen LogP contribution in [0.5, 0.6) is 0 Å². The van der Waals surface area contributed by atoms with Crippen LogP contribution in [0.2, 0.25) is 0 Å². The Morgan fingerprint density at radius 3 is 2.58 bits per heavy atom. The molecule has 0 amide bonds. The van der Waals surface area contributed by atoms with Crippen molar-refractivity contribution in [1.29, 1.82) is 0 Å². The molecule has 0 aromatic heterocycles. The van der Waals surface area contributed by atoms with E-state index < -0.39 is 6.04 Å². The third-order valence-electron chi connectivity index (χ3n) is 4.87. The monoisotopic (exact) mass is 333 g/mol. The van der Waals surface area contributed by atoms with Gasteiger partial charge in [0.25, 0.3) is 0 Å². The van der Waals surface area contributed by atoms with E-state index in [1.165, 1.54) is 5.56 Å². The van der Waals surface area contributed by atoms with Gasteiger partial charge in [0.2, 0.25) is 0 Å². The molecule has 2 rings (SSSR count). The number of carbonyl (C=O) groups excluding carboxylic acids is 1. The van der Waals surface area contributed by atoms with Gasteiger partial charge in [-0.05, 0) is 37.2 Å². The van der Waals surface area contributed by atoms with Gasteiger partial charge in [-0.2, -0.15) is 0 Å². The molecule has 4 heteroatoms. The van der Waals surface area contributed by atoms with Crippen molar-refractivity contribution in [2.45, 2.75) is 52.2 Å². The summed E-state index contributed by atoms with van der Waals surface area (Å²) in [5.74, 6) is 0.890. The van der Waals surface area contributed by atoms with Crippen LogP contribution < -0.4 is 5.73 Å². The van der Waals surface area contributed by atoms with Gasteiger partial charge < -0.3 is 15.2 Å². The number of rotatable bonds is 5. The van der Waals surface area contributed by atoms with Crippen molar-refractivity contribution >= 4 is 5.97 Å². The van der Waals surface area contributed by atoms with Crippen molar-refractivity contribution in [1.82, 2.24) is 0 Å². The summed E-state index contributed by atoms with van der Waals surface area (Å²) in [5, 5.41) is 0. The summed E-state index contributed by atoms with van der Waals surface area (Å²) in [4.78, 5) is 12.1. The summed E-state index contributed by atoms with van der Waals surface area (Å²) in [6.07, 6.45) is 2.94. The van der Waals surface area contributed by atoms with Gasteiger partial charge in [0.1, 0.15) is 12.1 Å². The zero-order valence-corrected chi connectivity index (χ0v) is 15.1. The van der Waals surface area contributed by atoms with E-state index in [1.54, 1.807) is 0 Å². The van der Waals surface area contributed by atoms with Gasteiger partial charge >= 0.3 is 5.97 Å². The second-order valence-electron chi connectivity index (χ2n) is 7.37. The highest BCUT2D eigenvalue weighted by Crippen LogP contribution is 2.29. The van der Waals surface area contributed by atoms with Crippen molar-refractivity contribution in [3.05, 3.63) is 35.9 Å². The molecule has 134 valence electrons. The van der Waals surface area contributed by atoms with Gasteiger partial charge in [-0.3, -0.25) is 4.79 Å². The topological polar surface area (TPSA) is 61.5 Å². The van der Waals surface area contributed by atoms with Crippen LogP contribution in [-0.4, -0.2) is 31.3 Å². The zero-order valence-electron chi connectivity index (χ0n) is 15.1. The molecule has 1 fully saturated rings. The SMILES string of the molecule is CC(C)CCC1COC[C@H](N)C(=O)OC(C)C1Cc1ccccc1. The van der Waals surface area contributed by atoms with Crippen molar-refractivity contribution in [2.75, 3.05) is 13.2 Å². The molecule has 1 aromatic carbocycles. The fourth-order valence-corrected chi connectivity index (χ4v) is 3.34. The highest BCUT2D eigenvalue weighted by atomic mass is 16.5. The first-order valence-corrected chi connectivity index (χ1v) is 9.05. The predicted molar refractivity (Wildman–Crippen MR) is 95.5 cm³/mol. The minimum atomic E-state index is -0.686. The van der Waals surface area contributed by atoms with Gasteiger partial charge in [-0.15, -0.1) is 0 Å². The number of carbonyl (C=O) groups is 1. The molecule has 0 bridgehead atoms. The van der Waals surface area contributed by atoms with E-state index >= 15 is 0 Å². The molecule has 2 N–H and O–H groups in total. The highest BCUT2D eigenvalue weighted by molar-refractivity contribution is 5.75. The Balaban J connectivity index is 2.18. The Morgan fingerprint density at radius 2 is 1.92 bits per heavy atom. The lowest BCUT2D eigenvalue weighted by Crippen LogP contribution is -2.39. The van der Waals surface area contributed by atoms with Crippen molar-refractivity contribution in [3.8, 4) is 0 Å². The number of benzene rings is 1. The van der Waals surface area contributed by atoms with Gasteiger partial charge in [0, 0.05) is 12.5 Å². The van der Waals surface area contributed by atoms with Gasteiger partial charge in [-0.1, -0.05) is 50.6 Å². The fraction of sp³-hybridized carbons (Fsp3) is 0.650. The van der Waals surface area contributed by atoms with Crippen molar-refractivity contribution in [2.24, 2.45) is 23.5 Å². The minimum absolute atomic E-state index is 0.164. The number of ether oxygens (including phenoxy) is 2. The first-order chi connectivity index (χ1) is 11.5. The smallest absolute Gasteiger partial charge is 0.325 e. The molecule has 1 saturated heterocycles. The molecule has 1 heterocycles. The normalized spacial score (nSPS) is 28.8. The van der Waals surface area contributed by atoms with Crippen LogP contribution in [0.4, 0.5) is 0 Å². The molecule has 0 radical (unpaired) electrons. The summed E-state index contributed by atoms with van der Waals surface area (Å²) >= 11 is 0. The molecule has 0 spiro atoms. The van der Waals surface area contributed by atoms with Crippen LogP contribution in [0.3, 0.4) is 0 Å². The minimum Gasteiger partial charge on any atom is -0.461 e. The Hall–Kier alpha value is -1.39. The van der Waals surface area contributed by atoms with E-state index in [0.29, 0.717) is 18.4 Å². The van der Waals surface area contributed by atoms with Gasteiger partial charge in [-0.25, -0.2) is 0 Å². The van der Waals surface area contributed by atoms with Gasteiger partial charge in [0.05, 0.1) is 6.61 Å². The standard InChI is InChI=1S/C20H31NO3/c1-14(2)9-10-17-12-23-13-19(21)20(22)24-15(3)18(17)11-16-7-5-4-6-8-16/h4-8,14-15,17-19H,9-13,21H2,1-3H3/t15?,17?,18?,19-/m0/s1. The molecule has 1 aliphatic heterocycles. The fourth-order valence-electron chi connectivity index (χ4n) is 3.34. The zero-order chi connectivity index (χ0) is 17.5. The van der Waals surface area contributed by atoms with Crippen LogP contribution in [0.1, 0.15) is 39.2 Å². The maximum Gasteiger partial charge on any atom is 0.325 e. The molecule has 4 atom stereocenters. The Labute approximate surface area is 145 Å². The maximum absolute atomic E-state index is 12.1.